The number of methoxy groups -OCH3 is 3. The average molecular weight is 1750 g/mol. The van der Waals surface area contributed by atoms with Crippen LogP contribution in [0.3, 0.4) is 0 Å². The smallest absolute Gasteiger partial charge is 0.275 e. The summed E-state index contributed by atoms with van der Waals surface area (Å²) in [5, 5.41) is 51.7. The number of rotatable bonds is 27. The lowest BCUT2D eigenvalue weighted by molar-refractivity contribution is -0.143. The van der Waals surface area contributed by atoms with E-state index in [1.165, 1.54) is 0 Å². The minimum Gasteiger partial charge on any atom is -0.377 e. The molecule has 3 aliphatic carbocycles. The van der Waals surface area contributed by atoms with Gasteiger partial charge in [-0.15, -0.1) is 30.6 Å². The Morgan fingerprint density at radius 2 is 0.650 bits per heavy atom. The van der Waals surface area contributed by atoms with Gasteiger partial charge in [0.05, 0.1) is 37.8 Å². The molecule has 3 fully saturated rings. The summed E-state index contributed by atoms with van der Waals surface area (Å²) in [4.78, 5) is 102. The summed E-state index contributed by atoms with van der Waals surface area (Å²) in [6.07, 6.45) is 14.1. The number of aliphatic imine (C=N–C) groups is 3. The number of nitrogens with zero attached hydrogens (tertiary/aromatic N) is 15. The predicted molar refractivity (Wildman–Crippen MR) is 454 cm³/mol. The Bertz CT molecular complexity index is 4640. The van der Waals surface area contributed by atoms with Crippen molar-refractivity contribution >= 4 is 122 Å². The Hall–Kier alpha value is -10.0. The molecule has 0 bridgehead atoms. The molecule has 120 heavy (non-hydrogen) atoms. The number of aromatic amines is 3. The summed E-state index contributed by atoms with van der Waals surface area (Å²) in [6, 6.07) is 36.5. The van der Waals surface area contributed by atoms with Crippen molar-refractivity contribution in [2.45, 2.75) is 209 Å². The van der Waals surface area contributed by atoms with Crippen molar-refractivity contribution < 1.29 is 43.0 Å². The van der Waals surface area contributed by atoms with E-state index in [0.29, 0.717) is 137 Å². The van der Waals surface area contributed by atoms with Crippen LogP contribution in [0, 0.1) is 0 Å². The van der Waals surface area contributed by atoms with Gasteiger partial charge >= 0.3 is 0 Å². The van der Waals surface area contributed by atoms with Gasteiger partial charge in [-0.25, -0.2) is 15.0 Å². The molecule has 3 spiro atoms. The maximum Gasteiger partial charge on any atom is 0.275 e. The van der Waals surface area contributed by atoms with Gasteiger partial charge in [0, 0.05) is 84.8 Å². The minimum atomic E-state index is -0.852. The van der Waals surface area contributed by atoms with E-state index < -0.39 is 17.0 Å². The molecule has 9 atom stereocenters. The number of benzene rings is 6. The number of carbonyl (C=O) groups excluding carboxylic acids is 6. The first-order valence-electron chi connectivity index (χ1n) is 40.2. The van der Waals surface area contributed by atoms with Crippen molar-refractivity contribution in [3.63, 3.8) is 0 Å². The lowest BCUT2D eigenvalue weighted by Gasteiger charge is -2.47. The SMILES string of the molecule is CCC[C@H](c1ccc(C(=O)NCc2nn[nH]n2)cc1)N1C(=O)C(c2cc(Cl)cc(Cl)c2)=NC12CCCCC2OC.CCC[C@H](c1ccc(C(=O)NCc2nn[nH]n2)cc1)N1C(=O)C(c2cc(Cl)cc(Cl)c2)=NC12CCCCC2OC.CCC[C@H](c1ccc(C(=O)NCc2nn[nH]n2)cc1)N1C(=O)C(c2cc(Cl)cc(Cl)c2)=NC12CCCCC2OC. The Labute approximate surface area is 723 Å². The molecule has 6 heterocycles. The molecule has 3 aromatic heterocycles. The highest BCUT2D eigenvalue weighted by Gasteiger charge is 2.59. The summed E-state index contributed by atoms with van der Waals surface area (Å²) in [5.74, 6) is -0.131. The van der Waals surface area contributed by atoms with Crippen LogP contribution in [-0.2, 0) is 48.2 Å². The van der Waals surface area contributed by atoms with E-state index in [4.69, 9.17) is 98.8 Å². The van der Waals surface area contributed by atoms with E-state index in [1.807, 2.05) is 51.1 Å². The second-order valence-electron chi connectivity index (χ2n) is 30.2. The van der Waals surface area contributed by atoms with Crippen molar-refractivity contribution in [3.8, 4) is 0 Å². The largest absolute Gasteiger partial charge is 0.377 e. The zero-order valence-corrected chi connectivity index (χ0v) is 71.6. The molecule has 36 heteroatoms. The lowest BCUT2D eigenvalue weighted by atomic mass is 9.83. The van der Waals surface area contributed by atoms with Gasteiger partial charge in [-0.3, -0.25) is 28.8 Å². The second kappa shape index (κ2) is 39.7. The van der Waals surface area contributed by atoms with E-state index in [2.05, 4.69) is 98.6 Å². The van der Waals surface area contributed by atoms with Crippen LogP contribution in [0.4, 0.5) is 0 Å². The Kier molecular flexibility index (Phi) is 29.0. The number of tetrazole rings is 3. The fourth-order valence-corrected chi connectivity index (χ4v) is 18.9. The van der Waals surface area contributed by atoms with Gasteiger partial charge in [-0.1, -0.05) is 181 Å². The van der Waals surface area contributed by atoms with Crippen LogP contribution in [0.5, 0.6) is 0 Å². The highest BCUT2D eigenvalue weighted by Crippen LogP contribution is 2.51. The van der Waals surface area contributed by atoms with E-state index in [1.54, 1.807) is 112 Å². The standard InChI is InChI=1S/3C28H31Cl2N7O3/c3*1-3-6-22(17-8-10-18(11-9-17)26(38)31-16-24-33-35-36-34-24)37-27(39)25(19-13-20(29)15-21(30)14-19)32-28(37)12-5-4-7-23(28)40-2/h3*8-11,13-15,22-23H,3-7,12,16H2,1-2H3,(H,31,38)(H,33,34,35,36)/t3*22-,23?,28?/m111/s1. The molecule has 6 aliphatic rings. The molecule has 3 saturated carbocycles. The molecule has 6 unspecified atom stereocenters. The molecule has 15 rings (SSSR count). The number of carbonyl (C=O) groups is 6. The first-order valence-corrected chi connectivity index (χ1v) is 42.4. The number of hydrogen-bond donors (Lipinski definition) is 6. The molecule has 3 aliphatic heterocycles. The molecule has 6 amide bonds. The van der Waals surface area contributed by atoms with Crippen LogP contribution in [-0.4, -0.2) is 186 Å². The van der Waals surface area contributed by atoms with Crippen molar-refractivity contribution in [2.75, 3.05) is 21.3 Å². The topological polar surface area (TPSA) is 376 Å². The van der Waals surface area contributed by atoms with Gasteiger partial charge < -0.3 is 44.9 Å². The summed E-state index contributed by atoms with van der Waals surface area (Å²) >= 11 is 37.9. The van der Waals surface area contributed by atoms with E-state index in [-0.39, 0.29) is 91.5 Å². The molecular formula is C84H93Cl6N21O9. The molecule has 630 valence electrons. The number of amides is 6. The first kappa shape index (κ1) is 87.8. The predicted octanol–water partition coefficient (Wildman–Crippen LogP) is 14.7. The van der Waals surface area contributed by atoms with Crippen molar-refractivity contribution in [1.82, 2.24) is 92.5 Å². The maximum absolute atomic E-state index is 14.3. The monoisotopic (exact) mass is 1750 g/mol. The molecular weight excluding hydrogens is 1660 g/mol. The van der Waals surface area contributed by atoms with Crippen LogP contribution in [0.25, 0.3) is 0 Å². The lowest BCUT2D eigenvalue weighted by Crippen LogP contribution is -2.57. The molecule has 30 nitrogen and oxygen atoms in total. The van der Waals surface area contributed by atoms with Gasteiger partial charge in [0.2, 0.25) is 0 Å². The van der Waals surface area contributed by atoms with Gasteiger partial charge in [0.25, 0.3) is 35.4 Å². The summed E-state index contributed by atoms with van der Waals surface area (Å²) < 4.78 is 18.0. The summed E-state index contributed by atoms with van der Waals surface area (Å²) in [5.41, 5.74) is 4.47. The van der Waals surface area contributed by atoms with Gasteiger partial charge in [0.1, 0.15) is 35.4 Å². The maximum atomic E-state index is 14.3. The highest BCUT2D eigenvalue weighted by molar-refractivity contribution is 6.49. The Morgan fingerprint density at radius 3 is 0.867 bits per heavy atom. The highest BCUT2D eigenvalue weighted by atomic mass is 35.5. The fourth-order valence-electron chi connectivity index (χ4n) is 17.4. The minimum absolute atomic E-state index is 0.159. The third-order valence-corrected chi connectivity index (χ3v) is 24.0. The van der Waals surface area contributed by atoms with E-state index >= 15 is 0 Å². The number of H-pyrrole nitrogens is 3. The summed E-state index contributed by atoms with van der Waals surface area (Å²) in [7, 11) is 5.04. The Morgan fingerprint density at radius 1 is 0.400 bits per heavy atom. The van der Waals surface area contributed by atoms with Crippen molar-refractivity contribution in [3.05, 3.63) is 225 Å². The number of nitrogens with one attached hydrogen (secondary N) is 6. The van der Waals surface area contributed by atoms with Crippen LogP contribution in [0.1, 0.15) is 236 Å². The molecule has 9 aromatic rings. The average Bonchev–Trinajstić information content (AvgIpc) is 1.57. The van der Waals surface area contributed by atoms with E-state index in [0.717, 1.165) is 93.7 Å². The number of hydrogen-bond acceptors (Lipinski definition) is 21. The Balaban J connectivity index is 0.000000156. The van der Waals surface area contributed by atoms with Crippen LogP contribution in [0.15, 0.2) is 142 Å². The van der Waals surface area contributed by atoms with Gasteiger partial charge in [-0.05, 0) is 185 Å². The van der Waals surface area contributed by atoms with Gasteiger partial charge in [0.15, 0.2) is 34.5 Å². The van der Waals surface area contributed by atoms with Crippen LogP contribution >= 0.6 is 69.6 Å². The first-order chi connectivity index (χ1) is 58.1. The van der Waals surface area contributed by atoms with E-state index in [9.17, 15) is 28.8 Å². The molecule has 0 radical (unpaired) electrons. The van der Waals surface area contributed by atoms with Gasteiger partial charge in [-0.2, -0.15) is 15.6 Å². The second-order valence-corrected chi connectivity index (χ2v) is 32.9. The van der Waals surface area contributed by atoms with Crippen molar-refractivity contribution in [2.24, 2.45) is 15.0 Å². The number of ether oxygens (including phenoxy) is 3. The number of aromatic nitrogens is 12. The molecule has 6 N–H and O–H groups in total. The van der Waals surface area contributed by atoms with Crippen molar-refractivity contribution in [1.29, 1.82) is 0 Å². The normalized spacial score (nSPS) is 21.5. The zero-order valence-electron chi connectivity index (χ0n) is 67.1. The quantitative estimate of drug-likeness (QED) is 0.0278. The molecule has 6 aromatic carbocycles. The zero-order chi connectivity index (χ0) is 84.8. The fraction of sp³-hybridized carbons (Fsp3) is 0.429. The summed E-state index contributed by atoms with van der Waals surface area (Å²) in [6.45, 7) is 6.75. The van der Waals surface area contributed by atoms with Crippen LogP contribution in [0.2, 0.25) is 30.1 Å². The third kappa shape index (κ3) is 19.2. The third-order valence-electron chi connectivity index (χ3n) is 22.7. The van der Waals surface area contributed by atoms with Crippen LogP contribution < -0.4 is 16.0 Å². The number of halogens is 6. The molecule has 0 saturated heterocycles.